The van der Waals surface area contributed by atoms with Gasteiger partial charge in [-0.05, 0) is 76.1 Å². The second-order valence-electron chi connectivity index (χ2n) is 12.1. The molecule has 2 aliphatic rings. The summed E-state index contributed by atoms with van der Waals surface area (Å²) in [5.74, 6) is 2.07. The number of rotatable bonds is 10. The molecule has 2 fully saturated rings. The molecule has 3 unspecified atom stereocenters. The average molecular weight is 539 g/mol. The molecule has 1 saturated carbocycles. The van der Waals surface area contributed by atoms with Crippen molar-refractivity contribution >= 4 is 22.7 Å². The Hall–Kier alpha value is -2.54. The van der Waals surface area contributed by atoms with Gasteiger partial charge in [0.1, 0.15) is 17.5 Å². The predicted octanol–water partition coefficient (Wildman–Crippen LogP) is 5.71. The van der Waals surface area contributed by atoms with Crippen LogP contribution in [0.5, 0.6) is 5.75 Å². The van der Waals surface area contributed by atoms with Gasteiger partial charge in [-0.25, -0.2) is 0 Å². The Morgan fingerprint density at radius 1 is 1.08 bits per heavy atom. The summed E-state index contributed by atoms with van der Waals surface area (Å²) in [5.41, 5.74) is 1.61. The maximum absolute atomic E-state index is 14.2. The van der Waals surface area contributed by atoms with Crippen molar-refractivity contribution in [2.75, 3.05) is 33.3 Å². The SMILES string of the molecule is CCn1c(C(=O)N(CCCN2CC(C)CC(C)C2)C(C)C(=O)NC2CCCCCC2)cc2ccc(OC)cc21. The number of likely N-dealkylation sites (tertiary alicyclic amines) is 1. The second-order valence-corrected chi connectivity index (χ2v) is 12.1. The highest BCUT2D eigenvalue weighted by Gasteiger charge is 2.31. The molecular weight excluding hydrogens is 488 g/mol. The Balaban J connectivity index is 1.55. The highest BCUT2D eigenvalue weighted by atomic mass is 16.5. The Bertz CT molecular complexity index is 1090. The van der Waals surface area contributed by atoms with Crippen LogP contribution in [-0.4, -0.2) is 71.6 Å². The van der Waals surface area contributed by atoms with Crippen LogP contribution in [0.2, 0.25) is 0 Å². The van der Waals surface area contributed by atoms with E-state index >= 15 is 0 Å². The molecule has 7 heteroatoms. The van der Waals surface area contributed by atoms with Gasteiger partial charge in [0.05, 0.1) is 12.6 Å². The van der Waals surface area contributed by atoms with E-state index in [1.807, 2.05) is 36.1 Å². The summed E-state index contributed by atoms with van der Waals surface area (Å²) < 4.78 is 7.50. The van der Waals surface area contributed by atoms with E-state index in [1.54, 1.807) is 7.11 Å². The lowest BCUT2D eigenvalue weighted by molar-refractivity contribution is -0.126. The van der Waals surface area contributed by atoms with Gasteiger partial charge in [0.15, 0.2) is 0 Å². The normalized spacial score (nSPS) is 21.9. The maximum atomic E-state index is 14.2. The Morgan fingerprint density at radius 3 is 2.41 bits per heavy atom. The van der Waals surface area contributed by atoms with E-state index in [1.165, 1.54) is 19.3 Å². The van der Waals surface area contributed by atoms with E-state index in [-0.39, 0.29) is 17.9 Å². The molecule has 1 aliphatic heterocycles. The highest BCUT2D eigenvalue weighted by molar-refractivity contribution is 6.01. The third kappa shape index (κ3) is 7.36. The van der Waals surface area contributed by atoms with Crippen molar-refractivity contribution < 1.29 is 14.3 Å². The van der Waals surface area contributed by atoms with Gasteiger partial charge in [0.25, 0.3) is 5.91 Å². The number of hydrogen-bond acceptors (Lipinski definition) is 4. The molecule has 216 valence electrons. The fourth-order valence-electron chi connectivity index (χ4n) is 6.82. The lowest BCUT2D eigenvalue weighted by Gasteiger charge is -2.36. The van der Waals surface area contributed by atoms with Crippen LogP contribution in [0, 0.1) is 11.8 Å². The number of nitrogens with zero attached hydrogens (tertiary/aromatic N) is 3. The molecule has 1 N–H and O–H groups in total. The molecule has 3 atom stereocenters. The maximum Gasteiger partial charge on any atom is 0.271 e. The Morgan fingerprint density at radius 2 is 1.77 bits per heavy atom. The quantitative estimate of drug-likeness (QED) is 0.394. The van der Waals surface area contributed by atoms with Crippen molar-refractivity contribution in [1.82, 2.24) is 19.7 Å². The predicted molar refractivity (Wildman–Crippen MR) is 158 cm³/mol. The van der Waals surface area contributed by atoms with E-state index in [0.717, 1.165) is 68.4 Å². The van der Waals surface area contributed by atoms with Crippen molar-refractivity contribution in [3.63, 3.8) is 0 Å². The number of nitrogens with one attached hydrogen (secondary N) is 1. The minimum Gasteiger partial charge on any atom is -0.497 e. The topological polar surface area (TPSA) is 66.8 Å². The third-order valence-electron chi connectivity index (χ3n) is 8.77. The first-order valence-electron chi connectivity index (χ1n) is 15.3. The minimum absolute atomic E-state index is 0.0312. The van der Waals surface area contributed by atoms with Crippen LogP contribution in [0.4, 0.5) is 0 Å². The van der Waals surface area contributed by atoms with Crippen LogP contribution in [-0.2, 0) is 11.3 Å². The van der Waals surface area contributed by atoms with Gasteiger partial charge in [-0.3, -0.25) is 9.59 Å². The number of fused-ring (bicyclic) bond motifs is 1. The lowest BCUT2D eigenvalue weighted by Crippen LogP contribution is -2.51. The molecule has 0 bridgehead atoms. The molecule has 2 aromatic rings. The number of benzene rings is 1. The first-order valence-corrected chi connectivity index (χ1v) is 15.3. The number of piperidine rings is 1. The summed E-state index contributed by atoms with van der Waals surface area (Å²) in [6, 6.07) is 7.57. The zero-order valence-corrected chi connectivity index (χ0v) is 24.9. The van der Waals surface area contributed by atoms with Gasteiger partial charge in [-0.1, -0.05) is 39.5 Å². The number of carbonyl (C=O) groups is 2. The molecule has 1 aromatic heterocycles. The molecule has 39 heavy (non-hydrogen) atoms. The number of hydrogen-bond donors (Lipinski definition) is 1. The van der Waals surface area contributed by atoms with Crippen LogP contribution in [0.1, 0.15) is 89.5 Å². The summed E-state index contributed by atoms with van der Waals surface area (Å²) in [7, 11) is 1.66. The largest absolute Gasteiger partial charge is 0.497 e. The molecule has 4 rings (SSSR count). The van der Waals surface area contributed by atoms with E-state index in [4.69, 9.17) is 4.74 Å². The van der Waals surface area contributed by atoms with Crippen molar-refractivity contribution in [3.8, 4) is 5.75 Å². The molecule has 1 saturated heterocycles. The fraction of sp³-hybridized carbons (Fsp3) is 0.688. The minimum atomic E-state index is -0.530. The summed E-state index contributed by atoms with van der Waals surface area (Å²) in [4.78, 5) is 32.1. The van der Waals surface area contributed by atoms with Gasteiger partial charge in [0, 0.05) is 43.7 Å². The van der Waals surface area contributed by atoms with Crippen molar-refractivity contribution in [3.05, 3.63) is 30.0 Å². The van der Waals surface area contributed by atoms with Crippen molar-refractivity contribution in [1.29, 1.82) is 0 Å². The van der Waals surface area contributed by atoms with Gasteiger partial charge in [0.2, 0.25) is 5.91 Å². The molecule has 1 aromatic carbocycles. The standard InChI is InChI=1S/C32H50N4O3/c1-6-35-29-20-28(39-5)15-14-26(29)19-30(35)32(38)36(17-11-16-34-21-23(2)18-24(3)22-34)25(4)31(37)33-27-12-9-7-8-10-13-27/h14-15,19-20,23-25,27H,6-13,16-18,21-22H2,1-5H3,(H,33,37). The van der Waals surface area contributed by atoms with Crippen LogP contribution in [0.3, 0.4) is 0 Å². The summed E-state index contributed by atoms with van der Waals surface area (Å²) in [6.45, 7) is 13.0. The summed E-state index contributed by atoms with van der Waals surface area (Å²) in [5, 5.41) is 4.31. The van der Waals surface area contributed by atoms with E-state index in [9.17, 15) is 9.59 Å². The van der Waals surface area contributed by atoms with Gasteiger partial charge >= 0.3 is 0 Å². The summed E-state index contributed by atoms with van der Waals surface area (Å²) >= 11 is 0. The smallest absolute Gasteiger partial charge is 0.271 e. The second kappa shape index (κ2) is 13.7. The molecule has 0 radical (unpaired) electrons. The van der Waals surface area contributed by atoms with E-state index in [0.29, 0.717) is 30.6 Å². The Labute approximate surface area is 235 Å². The zero-order valence-electron chi connectivity index (χ0n) is 24.9. The highest BCUT2D eigenvalue weighted by Crippen LogP contribution is 2.27. The van der Waals surface area contributed by atoms with Gasteiger partial charge in [-0.2, -0.15) is 0 Å². The third-order valence-corrected chi connectivity index (χ3v) is 8.77. The fourth-order valence-corrected chi connectivity index (χ4v) is 6.82. The van der Waals surface area contributed by atoms with Crippen LogP contribution >= 0.6 is 0 Å². The van der Waals surface area contributed by atoms with Crippen molar-refractivity contribution in [2.45, 2.75) is 97.7 Å². The molecular formula is C32H50N4O3. The molecule has 2 amide bonds. The zero-order chi connectivity index (χ0) is 27.9. The first kappa shape index (κ1) is 29.4. The van der Waals surface area contributed by atoms with E-state index < -0.39 is 6.04 Å². The number of aryl methyl sites for hydroxylation is 1. The monoisotopic (exact) mass is 538 g/mol. The molecule has 2 heterocycles. The van der Waals surface area contributed by atoms with Crippen molar-refractivity contribution in [2.24, 2.45) is 11.8 Å². The van der Waals surface area contributed by atoms with Crippen LogP contribution in [0.15, 0.2) is 24.3 Å². The van der Waals surface area contributed by atoms with Crippen LogP contribution in [0.25, 0.3) is 10.9 Å². The number of aromatic nitrogens is 1. The first-order chi connectivity index (χ1) is 18.8. The molecule has 0 spiro atoms. The average Bonchev–Trinajstić information content (AvgIpc) is 3.09. The number of carbonyl (C=O) groups excluding carboxylic acids is 2. The Kier molecular flexibility index (Phi) is 10.3. The van der Waals surface area contributed by atoms with Gasteiger partial charge < -0.3 is 24.4 Å². The number of methoxy groups -OCH3 is 1. The summed E-state index contributed by atoms with van der Waals surface area (Å²) in [6.07, 6.45) is 9.01. The number of ether oxygens (including phenoxy) is 1. The number of amides is 2. The van der Waals surface area contributed by atoms with Crippen LogP contribution < -0.4 is 10.1 Å². The van der Waals surface area contributed by atoms with E-state index in [2.05, 4.69) is 35.6 Å². The lowest BCUT2D eigenvalue weighted by atomic mass is 9.92. The molecule has 1 aliphatic carbocycles. The van der Waals surface area contributed by atoms with Gasteiger partial charge in [-0.15, -0.1) is 0 Å². The molecule has 7 nitrogen and oxygen atoms in total.